The zero-order valence-corrected chi connectivity index (χ0v) is 29.5. The summed E-state index contributed by atoms with van der Waals surface area (Å²) in [5, 5.41) is 47.3. The first-order valence-electron chi connectivity index (χ1n) is 16.6. The minimum Gasteiger partial charge on any atom is -0.508 e. The molecule has 0 aromatic heterocycles. The first kappa shape index (κ1) is 33.1. The number of hydrogen-bond acceptors (Lipinski definition) is 6. The van der Waals surface area contributed by atoms with Crippen LogP contribution in [0.2, 0.25) is 0 Å². The third kappa shape index (κ3) is 5.45. The molecule has 254 valence electrons. The van der Waals surface area contributed by atoms with E-state index in [0.29, 0.717) is 43.0 Å². The molecule has 0 spiro atoms. The molecule has 0 aliphatic rings. The number of phenols is 4. The molecule has 4 N–H and O–H groups in total. The van der Waals surface area contributed by atoms with Crippen molar-refractivity contribution in [1.82, 2.24) is 0 Å². The van der Waals surface area contributed by atoms with Gasteiger partial charge in [0.1, 0.15) is 23.0 Å². The summed E-state index contributed by atoms with van der Waals surface area (Å²) >= 11 is 0. The maximum atomic E-state index is 16.3. The molecule has 8 aromatic carbocycles. The van der Waals surface area contributed by atoms with Crippen molar-refractivity contribution in [3.63, 3.8) is 0 Å². The van der Waals surface area contributed by atoms with Gasteiger partial charge in [-0.15, -0.1) is 0 Å². The molecule has 0 radical (unpaired) electrons. The highest BCUT2D eigenvalue weighted by Gasteiger charge is 2.38. The second-order valence-electron chi connectivity index (χ2n) is 12.6. The van der Waals surface area contributed by atoms with Crippen LogP contribution in [0, 0.1) is 0 Å². The summed E-state index contributed by atoms with van der Waals surface area (Å²) in [5.74, 6) is 0.110. The molecule has 8 heteroatoms. The zero-order valence-electron chi connectivity index (χ0n) is 27.7. The Labute approximate surface area is 300 Å². The summed E-state index contributed by atoms with van der Waals surface area (Å²) in [5.41, 5.74) is 1.26. The van der Waals surface area contributed by atoms with Gasteiger partial charge in [-0.05, 0) is 131 Å². The van der Waals surface area contributed by atoms with Gasteiger partial charge in [-0.3, -0.25) is 0 Å². The molecule has 6 nitrogen and oxygen atoms in total. The SMILES string of the molecule is O=P(c1ccc(O)cc1)(c1ccc(O)cc1)c1ccc2ccccc2c1-c1c(P(=O)(c2ccc(O)cc2)c2ccc(O)cc2)ccc2ccccc12. The van der Waals surface area contributed by atoms with Crippen molar-refractivity contribution in [3.8, 4) is 34.1 Å². The lowest BCUT2D eigenvalue weighted by molar-refractivity contribution is 0.475. The Morgan fingerprint density at radius 2 is 0.577 bits per heavy atom. The molecule has 0 saturated heterocycles. The molecule has 0 aliphatic heterocycles. The predicted octanol–water partition coefficient (Wildman–Crippen LogP) is 7.76. The average molecular weight is 719 g/mol. The van der Waals surface area contributed by atoms with E-state index in [1.165, 1.54) is 48.5 Å². The summed E-state index contributed by atoms with van der Waals surface area (Å²) < 4.78 is 32.6. The largest absolute Gasteiger partial charge is 0.508 e. The predicted molar refractivity (Wildman–Crippen MR) is 212 cm³/mol. The van der Waals surface area contributed by atoms with Crippen molar-refractivity contribution in [2.45, 2.75) is 0 Å². The summed E-state index contributed by atoms with van der Waals surface area (Å²) in [6.07, 6.45) is 0. The Hall–Kier alpha value is -6.06. The quantitative estimate of drug-likeness (QED) is 0.125. The van der Waals surface area contributed by atoms with Crippen LogP contribution in [0.4, 0.5) is 0 Å². The Morgan fingerprint density at radius 1 is 0.308 bits per heavy atom. The third-order valence-electron chi connectivity index (χ3n) is 9.60. The van der Waals surface area contributed by atoms with Gasteiger partial charge in [0.2, 0.25) is 0 Å². The molecular weight excluding hydrogens is 686 g/mol. The summed E-state index contributed by atoms with van der Waals surface area (Å²) in [6.45, 7) is 0. The fourth-order valence-corrected chi connectivity index (χ4v) is 12.7. The monoisotopic (exact) mass is 718 g/mol. The molecule has 0 unspecified atom stereocenters. The Balaban J connectivity index is 1.58. The van der Waals surface area contributed by atoms with E-state index >= 15 is 9.13 Å². The van der Waals surface area contributed by atoms with E-state index in [9.17, 15) is 20.4 Å². The topological polar surface area (TPSA) is 115 Å². The minimum absolute atomic E-state index is 0.0276. The van der Waals surface area contributed by atoms with Gasteiger partial charge in [0.05, 0.1) is 0 Å². The molecule has 0 fully saturated rings. The van der Waals surface area contributed by atoms with Crippen molar-refractivity contribution < 1.29 is 29.6 Å². The Bertz CT molecular complexity index is 2420. The fourth-order valence-electron chi connectivity index (χ4n) is 7.08. The summed E-state index contributed by atoms with van der Waals surface area (Å²) in [7, 11) is -7.62. The van der Waals surface area contributed by atoms with Crippen LogP contribution in [0.3, 0.4) is 0 Å². The molecule has 0 aliphatic carbocycles. The number of aromatic hydroxyl groups is 4. The highest BCUT2D eigenvalue weighted by Crippen LogP contribution is 2.52. The van der Waals surface area contributed by atoms with E-state index in [-0.39, 0.29) is 23.0 Å². The van der Waals surface area contributed by atoms with Crippen LogP contribution < -0.4 is 31.8 Å². The van der Waals surface area contributed by atoms with Crippen molar-refractivity contribution >= 4 is 67.7 Å². The first-order valence-corrected chi connectivity index (χ1v) is 20.0. The second kappa shape index (κ2) is 12.9. The summed E-state index contributed by atoms with van der Waals surface area (Å²) in [6, 6.07) is 48.6. The Morgan fingerprint density at radius 3 is 0.865 bits per heavy atom. The first-order chi connectivity index (χ1) is 25.2. The number of hydrogen-bond donors (Lipinski definition) is 4. The fraction of sp³-hybridized carbons (Fsp3) is 0. The van der Waals surface area contributed by atoms with Gasteiger partial charge in [-0.2, -0.15) is 0 Å². The molecule has 0 bridgehead atoms. The van der Waals surface area contributed by atoms with E-state index in [1.54, 1.807) is 48.5 Å². The van der Waals surface area contributed by atoms with Crippen molar-refractivity contribution in [2.24, 2.45) is 0 Å². The lowest BCUT2D eigenvalue weighted by Crippen LogP contribution is -2.30. The van der Waals surface area contributed by atoms with E-state index in [2.05, 4.69) is 0 Å². The molecular formula is C44H32O6P2. The van der Waals surface area contributed by atoms with E-state index < -0.39 is 14.3 Å². The van der Waals surface area contributed by atoms with Crippen molar-refractivity contribution in [3.05, 3.63) is 170 Å². The molecule has 0 amide bonds. The third-order valence-corrected chi connectivity index (χ3v) is 15.8. The van der Waals surface area contributed by atoms with Crippen LogP contribution in [0.25, 0.3) is 32.7 Å². The number of fused-ring (bicyclic) bond motifs is 2. The number of rotatable bonds is 7. The zero-order chi connectivity index (χ0) is 36.0. The van der Waals surface area contributed by atoms with Crippen LogP contribution in [0.15, 0.2) is 170 Å². The van der Waals surface area contributed by atoms with E-state index in [1.807, 2.05) is 72.8 Å². The minimum atomic E-state index is -3.81. The Kier molecular flexibility index (Phi) is 8.23. The number of phenolic OH excluding ortho intramolecular Hbond substituents is 4. The van der Waals surface area contributed by atoms with Gasteiger partial charge in [-0.25, -0.2) is 0 Å². The lowest BCUT2D eigenvalue weighted by Gasteiger charge is -2.28. The molecule has 8 rings (SSSR count). The van der Waals surface area contributed by atoms with E-state index in [4.69, 9.17) is 0 Å². The highest BCUT2D eigenvalue weighted by atomic mass is 31.2. The van der Waals surface area contributed by atoms with Gasteiger partial charge in [0.15, 0.2) is 14.3 Å². The summed E-state index contributed by atoms with van der Waals surface area (Å²) in [4.78, 5) is 0. The van der Waals surface area contributed by atoms with E-state index in [0.717, 1.165) is 21.5 Å². The average Bonchev–Trinajstić information content (AvgIpc) is 3.17. The van der Waals surface area contributed by atoms with Crippen LogP contribution in [-0.4, -0.2) is 20.4 Å². The lowest BCUT2D eigenvalue weighted by atomic mass is 9.93. The molecule has 8 aromatic rings. The smallest absolute Gasteiger partial charge is 0.171 e. The standard InChI is InChI=1S/C44H32O6P2/c45-31-11-19-35(20-12-31)51(49,36-21-13-32(46)14-22-36)41-27-9-29-5-1-3-7-39(29)43(41)44-40-8-4-2-6-30(40)10-28-42(44)52(50,37-23-15-33(47)16-24-37)38-25-17-34(48)18-26-38/h1-28,45-48H. The molecule has 0 atom stereocenters. The molecule has 52 heavy (non-hydrogen) atoms. The van der Waals surface area contributed by atoms with Crippen LogP contribution in [-0.2, 0) is 9.13 Å². The normalized spacial score (nSPS) is 11.9. The highest BCUT2D eigenvalue weighted by molar-refractivity contribution is 7.86. The second-order valence-corrected chi connectivity index (χ2v) is 18.1. The van der Waals surface area contributed by atoms with Gasteiger partial charge >= 0.3 is 0 Å². The maximum absolute atomic E-state index is 16.3. The maximum Gasteiger partial charge on any atom is 0.171 e. The van der Waals surface area contributed by atoms with Crippen LogP contribution in [0.5, 0.6) is 23.0 Å². The number of benzene rings is 8. The van der Waals surface area contributed by atoms with Gasteiger partial charge < -0.3 is 29.6 Å². The van der Waals surface area contributed by atoms with Crippen molar-refractivity contribution in [2.75, 3.05) is 0 Å². The molecule has 0 saturated carbocycles. The van der Waals surface area contributed by atoms with Crippen LogP contribution in [0.1, 0.15) is 0 Å². The molecule has 0 heterocycles. The van der Waals surface area contributed by atoms with Crippen LogP contribution >= 0.6 is 14.3 Å². The van der Waals surface area contributed by atoms with Gasteiger partial charge in [-0.1, -0.05) is 60.7 Å². The van der Waals surface area contributed by atoms with Gasteiger partial charge in [0, 0.05) is 43.0 Å². The van der Waals surface area contributed by atoms with Crippen molar-refractivity contribution in [1.29, 1.82) is 0 Å². The van der Waals surface area contributed by atoms with Gasteiger partial charge in [0.25, 0.3) is 0 Å².